The summed E-state index contributed by atoms with van der Waals surface area (Å²) in [5, 5.41) is 0. The highest BCUT2D eigenvalue weighted by molar-refractivity contribution is 7.85. The van der Waals surface area contributed by atoms with Crippen molar-refractivity contribution < 1.29 is 17.5 Å². The van der Waals surface area contributed by atoms with Gasteiger partial charge in [0.2, 0.25) is 0 Å². The molecule has 2 rings (SSSR count). The lowest BCUT2D eigenvalue weighted by Crippen LogP contribution is -2.40. The zero-order valence-corrected chi connectivity index (χ0v) is 12.4. The van der Waals surface area contributed by atoms with Crippen LogP contribution in [-0.2, 0) is 10.1 Å². The standard InChI is InChI=1S/C7H8O3S.C6H13N2/c1-6-2-4-7(5-3-6)11(8,9)10;1-3-8(2)5-4-7-6-8/h2-5H,1H3,(H,8,9,10);6H,3-5H2,1-2H3/q;+1/p-1. The molecule has 1 aromatic rings. The average Bonchev–Trinajstić information content (AvgIpc) is 2.77. The van der Waals surface area contributed by atoms with Crippen LogP contribution < -0.4 is 0 Å². The van der Waals surface area contributed by atoms with Crippen molar-refractivity contribution in [1.82, 2.24) is 0 Å². The van der Waals surface area contributed by atoms with Crippen LogP contribution in [0.2, 0.25) is 0 Å². The second-order valence-electron chi connectivity index (χ2n) is 4.81. The summed E-state index contributed by atoms with van der Waals surface area (Å²) < 4.78 is 32.2. The molecule has 0 radical (unpaired) electrons. The van der Waals surface area contributed by atoms with Crippen LogP contribution in [0.15, 0.2) is 34.2 Å². The number of likely N-dealkylation sites (N-methyl/N-ethyl adjacent to an activating group) is 1. The minimum absolute atomic E-state index is 0.178. The van der Waals surface area contributed by atoms with Gasteiger partial charge in [0.05, 0.1) is 25.0 Å². The van der Waals surface area contributed by atoms with Crippen molar-refractivity contribution in [3.05, 3.63) is 29.8 Å². The van der Waals surface area contributed by atoms with E-state index < -0.39 is 10.1 Å². The molecule has 106 valence electrons. The summed E-state index contributed by atoms with van der Waals surface area (Å²) in [5.41, 5.74) is 0.928. The molecular formula is C13H20N2O3S. The van der Waals surface area contributed by atoms with Crippen molar-refractivity contribution in [3.63, 3.8) is 0 Å². The third kappa shape index (κ3) is 5.10. The van der Waals surface area contributed by atoms with Gasteiger partial charge in [-0.3, -0.25) is 4.48 Å². The van der Waals surface area contributed by atoms with Gasteiger partial charge in [-0.1, -0.05) is 17.7 Å². The molecule has 0 saturated carbocycles. The van der Waals surface area contributed by atoms with E-state index in [2.05, 4.69) is 19.0 Å². The highest BCUT2D eigenvalue weighted by Gasteiger charge is 2.19. The molecule has 1 unspecified atom stereocenters. The number of benzene rings is 1. The van der Waals surface area contributed by atoms with E-state index in [9.17, 15) is 13.0 Å². The molecule has 1 atom stereocenters. The Balaban J connectivity index is 0.000000200. The van der Waals surface area contributed by atoms with Gasteiger partial charge in [0.1, 0.15) is 16.7 Å². The Morgan fingerprint density at radius 1 is 1.32 bits per heavy atom. The van der Waals surface area contributed by atoms with Crippen molar-refractivity contribution in [1.29, 1.82) is 0 Å². The van der Waals surface area contributed by atoms with Crippen LogP contribution in [-0.4, -0.2) is 50.5 Å². The molecule has 0 bridgehead atoms. The Hall–Kier alpha value is -1.24. The number of aliphatic imine (C=N–C) groups is 1. The summed E-state index contributed by atoms with van der Waals surface area (Å²) in [6, 6.07) is 5.78. The maximum absolute atomic E-state index is 10.4. The van der Waals surface area contributed by atoms with E-state index in [1.54, 1.807) is 12.1 Å². The zero-order valence-electron chi connectivity index (χ0n) is 11.5. The van der Waals surface area contributed by atoms with Crippen LogP contribution in [0.1, 0.15) is 12.5 Å². The summed E-state index contributed by atoms with van der Waals surface area (Å²) in [6.07, 6.45) is 2.04. The fourth-order valence-corrected chi connectivity index (χ4v) is 2.01. The number of rotatable bonds is 2. The lowest BCUT2D eigenvalue weighted by Gasteiger charge is -2.21. The second-order valence-corrected chi connectivity index (χ2v) is 6.19. The zero-order chi connectivity index (χ0) is 14.5. The Morgan fingerprint density at radius 3 is 2.21 bits per heavy atom. The topological polar surface area (TPSA) is 69.6 Å². The molecule has 1 heterocycles. The molecule has 0 fully saturated rings. The molecule has 6 heteroatoms. The van der Waals surface area contributed by atoms with E-state index in [-0.39, 0.29) is 4.90 Å². The van der Waals surface area contributed by atoms with Crippen LogP contribution >= 0.6 is 0 Å². The van der Waals surface area contributed by atoms with E-state index in [0.717, 1.165) is 16.6 Å². The van der Waals surface area contributed by atoms with Gasteiger partial charge in [0.15, 0.2) is 6.34 Å². The van der Waals surface area contributed by atoms with Crippen molar-refractivity contribution in [3.8, 4) is 0 Å². The predicted octanol–water partition coefficient (Wildman–Crippen LogP) is 1.39. The van der Waals surface area contributed by atoms with Crippen LogP contribution in [0.5, 0.6) is 0 Å². The number of nitrogens with zero attached hydrogens (tertiary/aromatic N) is 2. The fourth-order valence-electron chi connectivity index (χ4n) is 1.54. The molecule has 1 aromatic carbocycles. The lowest BCUT2D eigenvalue weighted by molar-refractivity contribution is -0.805. The molecule has 0 amide bonds. The first-order chi connectivity index (χ1) is 8.77. The molecule has 0 N–H and O–H groups in total. The van der Waals surface area contributed by atoms with Crippen molar-refractivity contribution in [2.45, 2.75) is 18.7 Å². The van der Waals surface area contributed by atoms with Crippen LogP contribution in [0.25, 0.3) is 0 Å². The fraction of sp³-hybridized carbons (Fsp3) is 0.462. The first-order valence-electron chi connectivity index (χ1n) is 6.14. The summed E-state index contributed by atoms with van der Waals surface area (Å²) in [5.74, 6) is 0. The first-order valence-corrected chi connectivity index (χ1v) is 7.55. The third-order valence-electron chi connectivity index (χ3n) is 3.13. The summed E-state index contributed by atoms with van der Waals surface area (Å²) in [4.78, 5) is 3.98. The van der Waals surface area contributed by atoms with Gasteiger partial charge < -0.3 is 4.55 Å². The van der Waals surface area contributed by atoms with Crippen LogP contribution in [0, 0.1) is 6.92 Å². The highest BCUT2D eigenvalue weighted by atomic mass is 32.2. The van der Waals surface area contributed by atoms with Gasteiger partial charge in [0, 0.05) is 0 Å². The molecule has 0 aromatic heterocycles. The summed E-state index contributed by atoms with van der Waals surface area (Å²) in [7, 11) is -2.06. The molecule has 1 aliphatic heterocycles. The van der Waals surface area contributed by atoms with E-state index in [1.807, 2.05) is 13.3 Å². The quantitative estimate of drug-likeness (QED) is 0.609. The minimum atomic E-state index is -4.27. The predicted molar refractivity (Wildman–Crippen MR) is 74.1 cm³/mol. The number of hydrogen-bond donors (Lipinski definition) is 0. The SMILES string of the molecule is CC[N+]1(C)C=NCC1.Cc1ccc(S(=O)(=O)[O-])cc1. The van der Waals surface area contributed by atoms with Gasteiger partial charge in [-0.2, -0.15) is 0 Å². The van der Waals surface area contributed by atoms with Crippen molar-refractivity contribution >= 4 is 16.5 Å². The Morgan fingerprint density at radius 2 is 1.89 bits per heavy atom. The third-order valence-corrected chi connectivity index (χ3v) is 3.98. The second kappa shape index (κ2) is 6.27. The normalized spacial score (nSPS) is 21.9. The minimum Gasteiger partial charge on any atom is -0.744 e. The molecule has 0 aliphatic carbocycles. The van der Waals surface area contributed by atoms with Gasteiger partial charge in [-0.25, -0.2) is 13.4 Å². The smallest absolute Gasteiger partial charge is 0.185 e. The van der Waals surface area contributed by atoms with Gasteiger partial charge in [-0.15, -0.1) is 0 Å². The van der Waals surface area contributed by atoms with Gasteiger partial charge in [0.25, 0.3) is 0 Å². The molecule has 1 aliphatic rings. The average molecular weight is 284 g/mol. The molecular weight excluding hydrogens is 264 g/mol. The number of quaternary nitrogens is 1. The Bertz CT molecular complexity index is 538. The number of hydrogen-bond acceptors (Lipinski definition) is 4. The lowest BCUT2D eigenvalue weighted by atomic mass is 10.2. The summed E-state index contributed by atoms with van der Waals surface area (Å²) >= 11 is 0. The van der Waals surface area contributed by atoms with Gasteiger partial charge in [-0.05, 0) is 26.0 Å². The Labute approximate surface area is 114 Å². The monoisotopic (exact) mass is 284 g/mol. The molecule has 0 spiro atoms. The number of aryl methyl sites for hydroxylation is 1. The molecule has 5 nitrogen and oxygen atoms in total. The highest BCUT2D eigenvalue weighted by Crippen LogP contribution is 2.08. The first kappa shape index (κ1) is 15.8. The largest absolute Gasteiger partial charge is 0.744 e. The Kier molecular flexibility index (Phi) is 5.22. The maximum Gasteiger partial charge on any atom is 0.185 e. The van der Waals surface area contributed by atoms with Gasteiger partial charge >= 0.3 is 0 Å². The molecule has 19 heavy (non-hydrogen) atoms. The van der Waals surface area contributed by atoms with Crippen molar-refractivity contribution in [2.24, 2.45) is 4.99 Å². The van der Waals surface area contributed by atoms with E-state index in [0.29, 0.717) is 0 Å². The van der Waals surface area contributed by atoms with E-state index >= 15 is 0 Å². The van der Waals surface area contributed by atoms with Crippen LogP contribution in [0.4, 0.5) is 0 Å². The van der Waals surface area contributed by atoms with E-state index in [1.165, 1.54) is 25.2 Å². The summed E-state index contributed by atoms with van der Waals surface area (Å²) in [6.45, 7) is 7.39. The van der Waals surface area contributed by atoms with Crippen LogP contribution in [0.3, 0.4) is 0 Å². The molecule has 0 saturated heterocycles. The van der Waals surface area contributed by atoms with Crippen molar-refractivity contribution in [2.75, 3.05) is 26.7 Å². The maximum atomic E-state index is 10.4. The van der Waals surface area contributed by atoms with E-state index in [4.69, 9.17) is 0 Å².